The number of amides is 4. The van der Waals surface area contributed by atoms with Gasteiger partial charge >= 0.3 is 0 Å². The summed E-state index contributed by atoms with van der Waals surface area (Å²) in [5, 5.41) is 0. The van der Waals surface area contributed by atoms with E-state index in [4.69, 9.17) is 0 Å². The second-order valence-corrected chi connectivity index (χ2v) is 12.7. The normalized spacial score (nSPS) is 13.6. The van der Waals surface area contributed by atoms with Crippen LogP contribution in [0.5, 0.6) is 0 Å². The maximum Gasteiger partial charge on any atom is 0.266 e. The third kappa shape index (κ3) is 6.18. The van der Waals surface area contributed by atoms with E-state index in [1.165, 1.54) is 24.3 Å². The van der Waals surface area contributed by atoms with Crippen LogP contribution in [-0.2, 0) is 0 Å². The molecule has 0 aromatic heterocycles. The third-order valence-corrected chi connectivity index (χ3v) is 9.34. The number of nitrogens with zero attached hydrogens (tertiary/aromatic N) is 2. The van der Waals surface area contributed by atoms with Gasteiger partial charge in [0.1, 0.15) is 0 Å². The zero-order valence-electron chi connectivity index (χ0n) is 28.5. The molecule has 54 heavy (non-hydrogen) atoms. The second kappa shape index (κ2) is 13.9. The predicted molar refractivity (Wildman–Crippen MR) is 207 cm³/mol. The van der Waals surface area contributed by atoms with Gasteiger partial charge < -0.3 is 0 Å². The average Bonchev–Trinajstić information content (AvgIpc) is 3.62. The van der Waals surface area contributed by atoms with E-state index < -0.39 is 23.6 Å². The van der Waals surface area contributed by atoms with Crippen LogP contribution in [0.25, 0.3) is 23.3 Å². The quantitative estimate of drug-likeness (QED) is 0.0846. The summed E-state index contributed by atoms with van der Waals surface area (Å²) in [4.78, 5) is 82.5. The molecule has 8 nitrogen and oxygen atoms in total. The molecule has 4 amide bonds. The van der Waals surface area contributed by atoms with Gasteiger partial charge in [0.25, 0.3) is 23.6 Å². The molecular weight excluding hydrogens is 677 g/mol. The van der Waals surface area contributed by atoms with E-state index in [0.29, 0.717) is 22.3 Å². The van der Waals surface area contributed by atoms with Crippen molar-refractivity contribution in [3.8, 4) is 11.1 Å². The molecule has 0 radical (unpaired) electrons. The van der Waals surface area contributed by atoms with Crippen molar-refractivity contribution >= 4 is 58.7 Å². The molecule has 0 N–H and O–H groups in total. The minimum Gasteiger partial charge on any atom is -0.289 e. The zero-order chi connectivity index (χ0) is 37.3. The van der Waals surface area contributed by atoms with Crippen molar-refractivity contribution in [2.24, 2.45) is 0 Å². The first-order valence-electron chi connectivity index (χ1n) is 17.1. The van der Waals surface area contributed by atoms with Crippen molar-refractivity contribution < 1.29 is 28.8 Å². The monoisotopic (exact) mass is 704 g/mol. The Kier molecular flexibility index (Phi) is 8.61. The summed E-state index contributed by atoms with van der Waals surface area (Å²) in [5.74, 6) is -2.69. The van der Waals surface area contributed by atoms with Gasteiger partial charge in [-0.1, -0.05) is 109 Å². The number of hydrogen-bond acceptors (Lipinski definition) is 6. The van der Waals surface area contributed by atoms with Gasteiger partial charge in [-0.15, -0.1) is 0 Å². The summed E-state index contributed by atoms with van der Waals surface area (Å²) < 4.78 is 0. The molecule has 6 aromatic carbocycles. The van der Waals surface area contributed by atoms with Gasteiger partial charge in [-0.3, -0.25) is 28.8 Å². The van der Waals surface area contributed by atoms with Gasteiger partial charge in [0, 0.05) is 11.1 Å². The number of benzene rings is 6. The van der Waals surface area contributed by atoms with Gasteiger partial charge in [-0.2, -0.15) is 0 Å². The van der Waals surface area contributed by atoms with Crippen LogP contribution in [0.15, 0.2) is 158 Å². The fraction of sp³-hybridized carbons (Fsp3) is 0. The predicted octanol–water partition coefficient (Wildman–Crippen LogP) is 8.75. The lowest BCUT2D eigenvalue weighted by Crippen LogP contribution is -2.29. The van der Waals surface area contributed by atoms with Crippen LogP contribution in [0.3, 0.4) is 0 Å². The Balaban J connectivity index is 1.02. The molecule has 6 aromatic rings. The molecule has 0 spiro atoms. The summed E-state index contributed by atoms with van der Waals surface area (Å²) in [6, 6.07) is 41.1. The van der Waals surface area contributed by atoms with Crippen LogP contribution >= 0.6 is 0 Å². The van der Waals surface area contributed by atoms with Crippen molar-refractivity contribution in [2.75, 3.05) is 9.80 Å². The maximum absolute atomic E-state index is 13.7. The number of fused-ring (bicyclic) bond motifs is 2. The molecule has 2 heterocycles. The highest BCUT2D eigenvalue weighted by Gasteiger charge is 2.39. The lowest BCUT2D eigenvalue weighted by Gasteiger charge is -2.14. The summed E-state index contributed by atoms with van der Waals surface area (Å²) in [6.45, 7) is 0. The lowest BCUT2D eigenvalue weighted by molar-refractivity contribution is 0.0910. The summed E-state index contributed by atoms with van der Waals surface area (Å²) in [7, 11) is 0. The minimum absolute atomic E-state index is 0.172. The number of anilines is 2. The Bertz CT molecular complexity index is 2440. The molecule has 0 fully saturated rings. The SMILES string of the molecule is O=C(/C=C/c1ccccc1)c1cccc(N2C(=O)c3ccc(-c4ccc5c(c4)C(=O)N(c4cccc(C(=O)/C=C/c6ccccc6)c4)C5=O)cc3C2=O)c1. The van der Waals surface area contributed by atoms with Gasteiger partial charge in [0.2, 0.25) is 0 Å². The molecule has 0 unspecified atom stereocenters. The van der Waals surface area contributed by atoms with Crippen molar-refractivity contribution in [1.29, 1.82) is 0 Å². The van der Waals surface area contributed by atoms with E-state index in [9.17, 15) is 28.8 Å². The van der Waals surface area contributed by atoms with E-state index in [-0.39, 0.29) is 45.2 Å². The summed E-state index contributed by atoms with van der Waals surface area (Å²) in [6.07, 6.45) is 6.29. The molecule has 8 heteroatoms. The largest absolute Gasteiger partial charge is 0.289 e. The van der Waals surface area contributed by atoms with E-state index >= 15 is 0 Å². The number of imide groups is 2. The van der Waals surface area contributed by atoms with Crippen LogP contribution in [0, 0.1) is 0 Å². The first kappa shape index (κ1) is 33.6. The smallest absolute Gasteiger partial charge is 0.266 e. The van der Waals surface area contributed by atoms with Crippen LogP contribution < -0.4 is 9.80 Å². The number of ketones is 2. The zero-order valence-corrected chi connectivity index (χ0v) is 28.5. The van der Waals surface area contributed by atoms with Gasteiger partial charge in [-0.05, 0) is 82.9 Å². The number of hydrogen-bond donors (Lipinski definition) is 0. The average molecular weight is 705 g/mol. The second-order valence-electron chi connectivity index (χ2n) is 12.7. The Labute approximate surface area is 309 Å². The molecule has 8 rings (SSSR count). The summed E-state index contributed by atoms with van der Waals surface area (Å²) >= 11 is 0. The molecule has 2 aliphatic rings. The van der Waals surface area contributed by atoms with Crippen LogP contribution in [0.2, 0.25) is 0 Å². The Morgan fingerprint density at radius 1 is 0.389 bits per heavy atom. The molecule has 258 valence electrons. The van der Waals surface area contributed by atoms with E-state index in [1.807, 2.05) is 60.7 Å². The van der Waals surface area contributed by atoms with Crippen molar-refractivity contribution in [3.63, 3.8) is 0 Å². The highest BCUT2D eigenvalue weighted by molar-refractivity contribution is 6.36. The lowest BCUT2D eigenvalue weighted by atomic mass is 9.97. The maximum atomic E-state index is 13.7. The van der Waals surface area contributed by atoms with E-state index in [1.54, 1.807) is 84.9 Å². The van der Waals surface area contributed by atoms with Crippen molar-refractivity contribution in [1.82, 2.24) is 0 Å². The van der Waals surface area contributed by atoms with Crippen molar-refractivity contribution in [3.05, 3.63) is 202 Å². The van der Waals surface area contributed by atoms with Crippen LogP contribution in [0.4, 0.5) is 11.4 Å². The highest BCUT2D eigenvalue weighted by atomic mass is 16.2. The van der Waals surface area contributed by atoms with Gasteiger partial charge in [0.05, 0.1) is 33.6 Å². The molecule has 2 aliphatic heterocycles. The molecule has 0 aliphatic carbocycles. The molecule has 0 bridgehead atoms. The number of carbonyl (C=O) groups is 6. The molecule has 0 saturated heterocycles. The highest BCUT2D eigenvalue weighted by Crippen LogP contribution is 2.35. The molecule has 0 saturated carbocycles. The summed E-state index contributed by atoms with van der Waals surface area (Å²) in [5.41, 5.74) is 4.77. The topological polar surface area (TPSA) is 109 Å². The minimum atomic E-state index is -0.548. The number of carbonyl (C=O) groups excluding carboxylic acids is 6. The fourth-order valence-corrected chi connectivity index (χ4v) is 6.57. The Hall–Kier alpha value is -7.58. The van der Waals surface area contributed by atoms with Crippen LogP contribution in [-0.4, -0.2) is 35.2 Å². The Morgan fingerprint density at radius 2 is 0.778 bits per heavy atom. The van der Waals surface area contributed by atoms with Crippen LogP contribution in [0.1, 0.15) is 73.3 Å². The third-order valence-electron chi connectivity index (χ3n) is 9.34. The van der Waals surface area contributed by atoms with Crippen molar-refractivity contribution in [2.45, 2.75) is 0 Å². The van der Waals surface area contributed by atoms with Gasteiger partial charge in [0.15, 0.2) is 11.6 Å². The fourth-order valence-electron chi connectivity index (χ4n) is 6.57. The molecular formula is C46H28N2O6. The number of rotatable bonds is 9. The standard InChI is InChI=1S/C46H28N2O6/c49-41(23-17-29-9-3-1-4-10-29)33-13-7-15-35(25-33)47-43(51)37-21-19-31(27-39(37)45(47)53)32-20-22-38-40(28-32)46(54)48(44(38)52)36-16-8-14-34(26-36)42(50)24-18-30-11-5-2-6-12-30/h1-28H/b23-17+,24-18+. The van der Waals surface area contributed by atoms with E-state index in [2.05, 4.69) is 0 Å². The van der Waals surface area contributed by atoms with Gasteiger partial charge in [-0.25, -0.2) is 9.80 Å². The first-order valence-corrected chi connectivity index (χ1v) is 17.1. The Morgan fingerprint density at radius 3 is 1.19 bits per heavy atom. The molecule has 0 atom stereocenters. The number of allylic oxidation sites excluding steroid dienone is 2. The van der Waals surface area contributed by atoms with E-state index in [0.717, 1.165) is 20.9 Å². The first-order chi connectivity index (χ1) is 26.3.